The molecule has 0 atom stereocenters. The molecule has 0 fully saturated rings. The SMILES string of the molecule is O=C(Oc1ccccc1Br)c1ccccc1O. The molecule has 86 valence electrons. The number of ether oxygens (including phenoxy) is 1. The minimum Gasteiger partial charge on any atom is -0.507 e. The number of hydrogen-bond acceptors (Lipinski definition) is 3. The Morgan fingerprint density at radius 2 is 1.71 bits per heavy atom. The molecule has 17 heavy (non-hydrogen) atoms. The quantitative estimate of drug-likeness (QED) is 0.682. The number of carbonyl (C=O) groups excluding carboxylic acids is 1. The number of hydrogen-bond donors (Lipinski definition) is 1. The van der Waals surface area contributed by atoms with Crippen molar-refractivity contribution in [2.45, 2.75) is 0 Å². The van der Waals surface area contributed by atoms with Crippen LogP contribution in [0.25, 0.3) is 0 Å². The van der Waals surface area contributed by atoms with Crippen molar-refractivity contribution in [1.29, 1.82) is 0 Å². The molecule has 0 heterocycles. The van der Waals surface area contributed by atoms with Crippen LogP contribution >= 0.6 is 15.9 Å². The van der Waals surface area contributed by atoms with Gasteiger partial charge in [-0.05, 0) is 40.2 Å². The van der Waals surface area contributed by atoms with Crippen molar-refractivity contribution in [1.82, 2.24) is 0 Å². The van der Waals surface area contributed by atoms with E-state index >= 15 is 0 Å². The van der Waals surface area contributed by atoms with Crippen LogP contribution in [0.5, 0.6) is 11.5 Å². The van der Waals surface area contributed by atoms with Crippen LogP contribution in [-0.4, -0.2) is 11.1 Å². The monoisotopic (exact) mass is 292 g/mol. The van der Waals surface area contributed by atoms with Gasteiger partial charge >= 0.3 is 5.97 Å². The van der Waals surface area contributed by atoms with Crippen molar-refractivity contribution in [2.75, 3.05) is 0 Å². The smallest absolute Gasteiger partial charge is 0.347 e. The van der Waals surface area contributed by atoms with Crippen molar-refractivity contribution < 1.29 is 14.6 Å². The minimum absolute atomic E-state index is 0.0930. The Labute approximate surface area is 107 Å². The number of phenols is 1. The summed E-state index contributed by atoms with van der Waals surface area (Å²) < 4.78 is 5.85. The number of para-hydroxylation sites is 2. The summed E-state index contributed by atoms with van der Waals surface area (Å²) in [4.78, 5) is 11.8. The first-order chi connectivity index (χ1) is 8.18. The molecular formula is C13H9BrO3. The van der Waals surface area contributed by atoms with Crippen molar-refractivity contribution >= 4 is 21.9 Å². The van der Waals surface area contributed by atoms with Crippen LogP contribution in [0.4, 0.5) is 0 Å². The summed E-state index contributed by atoms with van der Waals surface area (Å²) in [5.41, 5.74) is 0.142. The van der Waals surface area contributed by atoms with E-state index in [-0.39, 0.29) is 11.3 Å². The lowest BCUT2D eigenvalue weighted by Crippen LogP contribution is -2.08. The number of phenolic OH excluding ortho intramolecular Hbond substituents is 1. The molecule has 0 aliphatic heterocycles. The van der Waals surface area contributed by atoms with Gasteiger partial charge in [-0.2, -0.15) is 0 Å². The molecule has 0 aliphatic carbocycles. The van der Waals surface area contributed by atoms with Crippen LogP contribution in [0.3, 0.4) is 0 Å². The Bertz CT molecular complexity index is 552. The normalized spacial score (nSPS) is 9.94. The molecule has 2 aromatic rings. The first kappa shape index (κ1) is 11.7. The highest BCUT2D eigenvalue weighted by Gasteiger charge is 2.13. The second kappa shape index (κ2) is 5.01. The zero-order valence-corrected chi connectivity index (χ0v) is 10.3. The summed E-state index contributed by atoms with van der Waals surface area (Å²) in [6.45, 7) is 0. The van der Waals surface area contributed by atoms with Gasteiger partial charge in [-0.3, -0.25) is 0 Å². The standard InChI is InChI=1S/C13H9BrO3/c14-10-6-2-4-8-12(10)17-13(16)9-5-1-3-7-11(9)15/h1-8,15H. The maximum Gasteiger partial charge on any atom is 0.347 e. The van der Waals surface area contributed by atoms with Crippen LogP contribution in [0.2, 0.25) is 0 Å². The first-order valence-corrected chi connectivity index (χ1v) is 5.72. The molecule has 2 rings (SSSR count). The molecule has 0 saturated heterocycles. The highest BCUT2D eigenvalue weighted by atomic mass is 79.9. The van der Waals surface area contributed by atoms with E-state index in [4.69, 9.17) is 4.74 Å². The molecule has 0 amide bonds. The molecule has 0 aliphatic rings. The van der Waals surface area contributed by atoms with E-state index in [9.17, 15) is 9.90 Å². The minimum atomic E-state index is -0.588. The van der Waals surface area contributed by atoms with Gasteiger partial charge in [0.2, 0.25) is 0 Å². The van der Waals surface area contributed by atoms with E-state index in [0.29, 0.717) is 10.2 Å². The molecule has 0 aromatic heterocycles. The van der Waals surface area contributed by atoms with Gasteiger partial charge in [0.15, 0.2) is 0 Å². The van der Waals surface area contributed by atoms with E-state index in [2.05, 4.69) is 15.9 Å². The lowest BCUT2D eigenvalue weighted by atomic mass is 10.2. The molecule has 0 spiro atoms. The van der Waals surface area contributed by atoms with Crippen LogP contribution in [-0.2, 0) is 0 Å². The molecule has 0 bridgehead atoms. The second-order valence-electron chi connectivity index (χ2n) is 3.34. The number of benzene rings is 2. The van der Waals surface area contributed by atoms with Gasteiger partial charge in [-0.25, -0.2) is 4.79 Å². The zero-order valence-electron chi connectivity index (χ0n) is 8.76. The summed E-state index contributed by atoms with van der Waals surface area (Å²) in [6.07, 6.45) is 0. The zero-order chi connectivity index (χ0) is 12.3. The predicted molar refractivity (Wildman–Crippen MR) is 67.2 cm³/mol. The van der Waals surface area contributed by atoms with E-state index in [1.807, 2.05) is 6.07 Å². The van der Waals surface area contributed by atoms with Gasteiger partial charge < -0.3 is 9.84 Å². The van der Waals surface area contributed by atoms with Gasteiger partial charge in [0.1, 0.15) is 17.1 Å². The van der Waals surface area contributed by atoms with Crippen molar-refractivity contribution in [3.63, 3.8) is 0 Å². The molecule has 0 radical (unpaired) electrons. The van der Waals surface area contributed by atoms with Gasteiger partial charge in [0.25, 0.3) is 0 Å². The fourth-order valence-corrected chi connectivity index (χ4v) is 1.69. The third-order valence-electron chi connectivity index (χ3n) is 2.16. The molecular weight excluding hydrogens is 284 g/mol. The van der Waals surface area contributed by atoms with Crippen LogP contribution in [0, 0.1) is 0 Å². The summed E-state index contributed by atoms with van der Waals surface area (Å²) in [5, 5.41) is 9.52. The number of halogens is 1. The summed E-state index contributed by atoms with van der Waals surface area (Å²) in [5.74, 6) is -0.264. The number of aromatic hydroxyl groups is 1. The van der Waals surface area contributed by atoms with Crippen molar-refractivity contribution in [3.8, 4) is 11.5 Å². The third kappa shape index (κ3) is 2.65. The van der Waals surface area contributed by atoms with E-state index in [1.165, 1.54) is 12.1 Å². The van der Waals surface area contributed by atoms with Gasteiger partial charge in [0, 0.05) is 0 Å². The van der Waals surface area contributed by atoms with Gasteiger partial charge in [-0.15, -0.1) is 0 Å². The lowest BCUT2D eigenvalue weighted by Gasteiger charge is -2.06. The third-order valence-corrected chi connectivity index (χ3v) is 2.82. The molecule has 0 unspecified atom stereocenters. The average Bonchev–Trinajstić information content (AvgIpc) is 2.32. The molecule has 4 heteroatoms. The Morgan fingerprint density at radius 3 is 2.41 bits per heavy atom. The maximum atomic E-state index is 11.8. The number of carbonyl (C=O) groups is 1. The Hall–Kier alpha value is -1.81. The highest BCUT2D eigenvalue weighted by molar-refractivity contribution is 9.10. The van der Waals surface area contributed by atoms with E-state index < -0.39 is 5.97 Å². The van der Waals surface area contributed by atoms with E-state index in [1.54, 1.807) is 30.3 Å². The summed E-state index contributed by atoms with van der Waals surface area (Å²) in [7, 11) is 0. The second-order valence-corrected chi connectivity index (χ2v) is 4.19. The Balaban J connectivity index is 2.24. The van der Waals surface area contributed by atoms with Crippen LogP contribution in [0.1, 0.15) is 10.4 Å². The fraction of sp³-hybridized carbons (Fsp3) is 0. The fourth-order valence-electron chi connectivity index (χ4n) is 1.33. The van der Waals surface area contributed by atoms with Crippen LogP contribution in [0.15, 0.2) is 53.0 Å². The predicted octanol–water partition coefficient (Wildman–Crippen LogP) is 3.37. The van der Waals surface area contributed by atoms with Gasteiger partial charge in [-0.1, -0.05) is 24.3 Å². The largest absolute Gasteiger partial charge is 0.507 e. The molecule has 3 nitrogen and oxygen atoms in total. The Kier molecular flexibility index (Phi) is 3.44. The van der Waals surface area contributed by atoms with Crippen molar-refractivity contribution in [3.05, 3.63) is 58.6 Å². The summed E-state index contributed by atoms with van der Waals surface area (Å²) in [6, 6.07) is 13.3. The van der Waals surface area contributed by atoms with E-state index in [0.717, 1.165) is 0 Å². The van der Waals surface area contributed by atoms with Gasteiger partial charge in [0.05, 0.1) is 4.47 Å². The maximum absolute atomic E-state index is 11.8. The molecule has 2 aromatic carbocycles. The van der Waals surface area contributed by atoms with Crippen LogP contribution < -0.4 is 4.74 Å². The molecule has 1 N–H and O–H groups in total. The first-order valence-electron chi connectivity index (χ1n) is 4.93. The number of rotatable bonds is 2. The topological polar surface area (TPSA) is 46.5 Å². The lowest BCUT2D eigenvalue weighted by molar-refractivity contribution is 0.0730. The van der Waals surface area contributed by atoms with Crippen molar-refractivity contribution in [2.24, 2.45) is 0 Å². The molecule has 0 saturated carbocycles. The summed E-state index contributed by atoms with van der Waals surface area (Å²) >= 11 is 3.28. The number of esters is 1. The average molecular weight is 293 g/mol. The highest BCUT2D eigenvalue weighted by Crippen LogP contribution is 2.26. The Morgan fingerprint density at radius 1 is 1.06 bits per heavy atom.